The minimum absolute atomic E-state index is 0.107. The topological polar surface area (TPSA) is 70.9 Å². The average Bonchev–Trinajstić information content (AvgIpc) is 2.66. The molecule has 1 aliphatic rings. The van der Waals surface area contributed by atoms with Gasteiger partial charge in [-0.3, -0.25) is 0 Å². The zero-order valence-electron chi connectivity index (χ0n) is 14.5. The Kier molecular flexibility index (Phi) is 4.25. The standard InChI is InChI=1S/C17H16F3N7/c1-11-24-13(17(18,19)20)9-14(25-11)26-5-7-27(8-6-26)16-12-3-2-4-21-15(12)22-10-23-16/h2-4,9-10H,5-8H2,1H3. The van der Waals surface area contributed by atoms with Gasteiger partial charge in [0.1, 0.15) is 29.5 Å². The van der Waals surface area contributed by atoms with Crippen LogP contribution in [-0.4, -0.2) is 51.1 Å². The maximum atomic E-state index is 13.0. The Morgan fingerprint density at radius 1 is 0.963 bits per heavy atom. The van der Waals surface area contributed by atoms with Gasteiger partial charge in [-0.25, -0.2) is 24.9 Å². The first-order valence-corrected chi connectivity index (χ1v) is 8.40. The van der Waals surface area contributed by atoms with Crippen LogP contribution in [0, 0.1) is 6.92 Å². The molecule has 0 aromatic carbocycles. The van der Waals surface area contributed by atoms with Crippen molar-refractivity contribution in [3.05, 3.63) is 42.2 Å². The van der Waals surface area contributed by atoms with E-state index in [0.29, 0.717) is 37.6 Å². The van der Waals surface area contributed by atoms with Gasteiger partial charge in [-0.15, -0.1) is 0 Å². The highest BCUT2D eigenvalue weighted by atomic mass is 19.4. The lowest BCUT2D eigenvalue weighted by atomic mass is 10.2. The first-order valence-electron chi connectivity index (χ1n) is 8.40. The van der Waals surface area contributed by atoms with Crippen LogP contribution in [0.2, 0.25) is 0 Å². The summed E-state index contributed by atoms with van der Waals surface area (Å²) >= 11 is 0. The van der Waals surface area contributed by atoms with E-state index in [1.807, 2.05) is 17.0 Å². The normalized spacial score (nSPS) is 15.4. The predicted molar refractivity (Wildman–Crippen MR) is 93.5 cm³/mol. The molecule has 0 atom stereocenters. The van der Waals surface area contributed by atoms with E-state index in [1.54, 1.807) is 6.20 Å². The minimum atomic E-state index is -4.49. The highest BCUT2D eigenvalue weighted by molar-refractivity contribution is 5.86. The fourth-order valence-electron chi connectivity index (χ4n) is 3.14. The molecule has 27 heavy (non-hydrogen) atoms. The number of rotatable bonds is 2. The Balaban J connectivity index is 1.55. The maximum Gasteiger partial charge on any atom is 0.433 e. The van der Waals surface area contributed by atoms with Crippen LogP contribution in [0.4, 0.5) is 24.8 Å². The summed E-state index contributed by atoms with van der Waals surface area (Å²) in [4.78, 5) is 24.4. The molecule has 1 aliphatic heterocycles. The molecule has 0 N–H and O–H groups in total. The van der Waals surface area contributed by atoms with Crippen molar-refractivity contribution >= 4 is 22.7 Å². The molecule has 7 nitrogen and oxygen atoms in total. The lowest BCUT2D eigenvalue weighted by molar-refractivity contribution is -0.141. The number of aromatic nitrogens is 5. The third kappa shape index (κ3) is 3.46. The van der Waals surface area contributed by atoms with Gasteiger partial charge in [-0.2, -0.15) is 13.2 Å². The van der Waals surface area contributed by atoms with E-state index in [0.717, 1.165) is 17.3 Å². The van der Waals surface area contributed by atoms with Crippen molar-refractivity contribution in [3.63, 3.8) is 0 Å². The highest BCUT2D eigenvalue weighted by Crippen LogP contribution is 2.30. The molecule has 0 unspecified atom stereocenters. The summed E-state index contributed by atoms with van der Waals surface area (Å²) in [5, 5.41) is 0.852. The van der Waals surface area contributed by atoms with Crippen molar-refractivity contribution in [2.45, 2.75) is 13.1 Å². The number of piperazine rings is 1. The summed E-state index contributed by atoms with van der Waals surface area (Å²) in [7, 11) is 0. The van der Waals surface area contributed by atoms with Crippen molar-refractivity contribution in [1.29, 1.82) is 0 Å². The van der Waals surface area contributed by atoms with Gasteiger partial charge in [0.15, 0.2) is 5.65 Å². The Morgan fingerprint density at radius 2 is 1.70 bits per heavy atom. The zero-order valence-corrected chi connectivity index (χ0v) is 14.5. The Labute approximate surface area is 152 Å². The first-order chi connectivity index (χ1) is 12.9. The molecule has 3 aromatic heterocycles. The number of hydrogen-bond donors (Lipinski definition) is 0. The van der Waals surface area contributed by atoms with Crippen molar-refractivity contribution in [1.82, 2.24) is 24.9 Å². The van der Waals surface area contributed by atoms with Gasteiger partial charge in [-0.1, -0.05) is 0 Å². The van der Waals surface area contributed by atoms with Gasteiger partial charge >= 0.3 is 6.18 Å². The number of pyridine rings is 1. The third-order valence-electron chi connectivity index (χ3n) is 4.41. The minimum Gasteiger partial charge on any atom is -0.353 e. The summed E-state index contributed by atoms with van der Waals surface area (Å²) in [5.74, 6) is 1.18. The molecule has 10 heteroatoms. The van der Waals surface area contributed by atoms with Crippen molar-refractivity contribution < 1.29 is 13.2 Å². The summed E-state index contributed by atoms with van der Waals surface area (Å²) in [6.07, 6.45) is -1.34. The highest BCUT2D eigenvalue weighted by Gasteiger charge is 2.34. The van der Waals surface area contributed by atoms with E-state index in [1.165, 1.54) is 13.3 Å². The van der Waals surface area contributed by atoms with Gasteiger partial charge in [0.2, 0.25) is 0 Å². The number of fused-ring (bicyclic) bond motifs is 1. The lowest BCUT2D eigenvalue weighted by Gasteiger charge is -2.36. The number of halogens is 3. The molecular weight excluding hydrogens is 359 g/mol. The molecule has 4 heterocycles. The van der Waals surface area contributed by atoms with E-state index >= 15 is 0 Å². The summed E-state index contributed by atoms with van der Waals surface area (Å²) in [6.45, 7) is 3.73. The zero-order chi connectivity index (χ0) is 19.0. The van der Waals surface area contributed by atoms with Crippen LogP contribution in [0.25, 0.3) is 11.0 Å². The SMILES string of the molecule is Cc1nc(N2CCN(c3ncnc4ncccc34)CC2)cc(C(F)(F)F)n1. The quantitative estimate of drug-likeness (QED) is 0.681. The summed E-state index contributed by atoms with van der Waals surface area (Å²) < 4.78 is 39.0. The van der Waals surface area contributed by atoms with Crippen LogP contribution in [0.5, 0.6) is 0 Å². The summed E-state index contributed by atoms with van der Waals surface area (Å²) in [5.41, 5.74) is -0.300. The number of hydrogen-bond acceptors (Lipinski definition) is 7. The number of nitrogens with zero attached hydrogens (tertiary/aromatic N) is 7. The van der Waals surface area contributed by atoms with E-state index < -0.39 is 11.9 Å². The smallest absolute Gasteiger partial charge is 0.353 e. The molecule has 0 spiro atoms. The first kappa shape index (κ1) is 17.4. The Bertz CT molecular complexity index is 963. The monoisotopic (exact) mass is 375 g/mol. The van der Waals surface area contributed by atoms with Crippen LogP contribution >= 0.6 is 0 Å². The van der Waals surface area contributed by atoms with Gasteiger partial charge < -0.3 is 9.80 Å². The number of aryl methyl sites for hydroxylation is 1. The largest absolute Gasteiger partial charge is 0.433 e. The lowest BCUT2D eigenvalue weighted by Crippen LogP contribution is -2.47. The maximum absolute atomic E-state index is 13.0. The second-order valence-corrected chi connectivity index (χ2v) is 6.20. The molecule has 0 saturated carbocycles. The van der Waals surface area contributed by atoms with E-state index in [-0.39, 0.29) is 5.82 Å². The van der Waals surface area contributed by atoms with Crippen LogP contribution in [-0.2, 0) is 6.18 Å². The molecule has 3 aromatic rings. The molecule has 1 fully saturated rings. The second-order valence-electron chi connectivity index (χ2n) is 6.20. The van der Waals surface area contributed by atoms with Crippen molar-refractivity contribution in [3.8, 4) is 0 Å². The van der Waals surface area contributed by atoms with Gasteiger partial charge in [0, 0.05) is 38.4 Å². The van der Waals surface area contributed by atoms with E-state index in [4.69, 9.17) is 0 Å². The van der Waals surface area contributed by atoms with Crippen molar-refractivity contribution in [2.75, 3.05) is 36.0 Å². The Morgan fingerprint density at radius 3 is 2.44 bits per heavy atom. The van der Waals surface area contributed by atoms with Crippen LogP contribution < -0.4 is 9.80 Å². The molecular formula is C17H16F3N7. The molecule has 4 rings (SSSR count). The summed E-state index contributed by atoms with van der Waals surface area (Å²) in [6, 6.07) is 4.74. The third-order valence-corrected chi connectivity index (χ3v) is 4.41. The molecule has 140 valence electrons. The molecule has 0 bridgehead atoms. The van der Waals surface area contributed by atoms with Crippen LogP contribution in [0.1, 0.15) is 11.5 Å². The van der Waals surface area contributed by atoms with E-state index in [9.17, 15) is 13.2 Å². The molecule has 0 aliphatic carbocycles. The average molecular weight is 375 g/mol. The Hall–Kier alpha value is -3.04. The fourth-order valence-corrected chi connectivity index (χ4v) is 3.14. The van der Waals surface area contributed by atoms with E-state index in [2.05, 4.69) is 29.8 Å². The van der Waals surface area contributed by atoms with Gasteiger partial charge in [0.05, 0.1) is 5.39 Å². The number of anilines is 2. The molecule has 0 amide bonds. The van der Waals surface area contributed by atoms with Crippen molar-refractivity contribution in [2.24, 2.45) is 0 Å². The van der Waals surface area contributed by atoms with Gasteiger partial charge in [-0.05, 0) is 19.1 Å². The molecule has 0 radical (unpaired) electrons. The van der Waals surface area contributed by atoms with Gasteiger partial charge in [0.25, 0.3) is 0 Å². The molecule has 1 saturated heterocycles. The second kappa shape index (κ2) is 6.60. The predicted octanol–water partition coefficient (Wildman–Crippen LogP) is 2.47. The van der Waals surface area contributed by atoms with Crippen LogP contribution in [0.15, 0.2) is 30.7 Å². The number of alkyl halides is 3. The fraction of sp³-hybridized carbons (Fsp3) is 0.353. The van der Waals surface area contributed by atoms with Crippen LogP contribution in [0.3, 0.4) is 0 Å².